The van der Waals surface area contributed by atoms with E-state index in [1.165, 1.54) is 18.2 Å². The van der Waals surface area contributed by atoms with Gasteiger partial charge in [-0.15, -0.1) is 0 Å². The van der Waals surface area contributed by atoms with Crippen LogP contribution in [0.5, 0.6) is 0 Å². The molecule has 1 aromatic rings. The van der Waals surface area contributed by atoms with Gasteiger partial charge in [-0.1, -0.05) is 11.8 Å². The number of rotatable bonds is 3. The molecule has 19 heavy (non-hydrogen) atoms. The first kappa shape index (κ1) is 15.0. The zero-order valence-corrected chi connectivity index (χ0v) is 10.9. The molecule has 0 atom stereocenters. The quantitative estimate of drug-likeness (QED) is 0.819. The van der Waals surface area contributed by atoms with E-state index in [0.29, 0.717) is 11.1 Å². The first-order valence-corrected chi connectivity index (χ1v) is 5.85. The molecule has 0 fully saturated rings. The van der Waals surface area contributed by atoms with E-state index >= 15 is 0 Å². The highest BCUT2D eigenvalue weighted by Gasteiger charge is 2.07. The molecule has 0 aliphatic carbocycles. The summed E-state index contributed by atoms with van der Waals surface area (Å²) in [5, 5.41) is 11.0. The van der Waals surface area contributed by atoms with Gasteiger partial charge in [0.1, 0.15) is 12.4 Å². The predicted molar refractivity (Wildman–Crippen MR) is 68.8 cm³/mol. The molecular formula is C14H16FNO3. The maximum atomic E-state index is 13.5. The molecule has 5 heteroatoms. The number of benzene rings is 1. The van der Waals surface area contributed by atoms with E-state index in [1.54, 1.807) is 13.8 Å². The van der Waals surface area contributed by atoms with Crippen LogP contribution in [0, 0.1) is 17.7 Å². The number of amides is 1. The van der Waals surface area contributed by atoms with Crippen molar-refractivity contribution in [3.05, 3.63) is 35.1 Å². The maximum absolute atomic E-state index is 13.5. The Morgan fingerprint density at radius 1 is 1.53 bits per heavy atom. The lowest BCUT2D eigenvalue weighted by Crippen LogP contribution is -2.26. The molecule has 0 saturated heterocycles. The highest BCUT2D eigenvalue weighted by molar-refractivity contribution is 5.67. The van der Waals surface area contributed by atoms with Crippen LogP contribution >= 0.6 is 0 Å². The van der Waals surface area contributed by atoms with E-state index in [0.717, 1.165) is 0 Å². The average molecular weight is 265 g/mol. The summed E-state index contributed by atoms with van der Waals surface area (Å²) in [5.74, 6) is 4.71. The second-order valence-electron chi connectivity index (χ2n) is 4.07. The van der Waals surface area contributed by atoms with E-state index in [9.17, 15) is 9.18 Å². The number of nitrogens with one attached hydrogen (secondary N) is 1. The van der Waals surface area contributed by atoms with Crippen molar-refractivity contribution in [1.82, 2.24) is 5.32 Å². The van der Waals surface area contributed by atoms with Crippen LogP contribution in [0.3, 0.4) is 0 Å². The fraction of sp³-hybridized carbons (Fsp3) is 0.357. The number of carbonyl (C=O) groups is 1. The summed E-state index contributed by atoms with van der Waals surface area (Å²) in [4.78, 5) is 11.3. The molecule has 2 N–H and O–H groups in total. The van der Waals surface area contributed by atoms with Crippen molar-refractivity contribution < 1.29 is 19.0 Å². The Hall–Kier alpha value is -2.06. The summed E-state index contributed by atoms with van der Waals surface area (Å²) in [6.45, 7) is 3.22. The second-order valence-corrected chi connectivity index (χ2v) is 4.07. The van der Waals surface area contributed by atoms with E-state index in [2.05, 4.69) is 17.2 Å². The van der Waals surface area contributed by atoms with Gasteiger partial charge in [0, 0.05) is 17.7 Å². The van der Waals surface area contributed by atoms with Crippen molar-refractivity contribution in [2.75, 3.05) is 6.61 Å². The van der Waals surface area contributed by atoms with E-state index in [-0.39, 0.29) is 19.3 Å². The Morgan fingerprint density at radius 2 is 2.26 bits per heavy atom. The standard InChI is InChI=1S/C14H16FNO3/c1-10(2)19-14(18)16-9-12-8-11(4-3-7-17)5-6-13(12)15/h5-6,8,10,17H,7,9H2,1-2H3,(H,16,18). The SMILES string of the molecule is CC(C)OC(=O)NCc1cc(C#CCO)ccc1F. The van der Waals surface area contributed by atoms with Crippen molar-refractivity contribution in [2.45, 2.75) is 26.5 Å². The highest BCUT2D eigenvalue weighted by atomic mass is 19.1. The summed E-state index contributed by atoms with van der Waals surface area (Å²) in [5.41, 5.74) is 0.884. The van der Waals surface area contributed by atoms with Gasteiger partial charge in [-0.05, 0) is 32.0 Å². The van der Waals surface area contributed by atoms with Crippen LogP contribution in [0.4, 0.5) is 9.18 Å². The molecule has 4 nitrogen and oxygen atoms in total. The first-order valence-electron chi connectivity index (χ1n) is 5.85. The normalized spacial score (nSPS) is 9.74. The van der Waals surface area contributed by atoms with Gasteiger partial charge in [0.05, 0.1) is 6.10 Å². The molecule has 102 valence electrons. The molecule has 1 aromatic carbocycles. The van der Waals surface area contributed by atoms with Gasteiger partial charge in [-0.2, -0.15) is 0 Å². The lowest BCUT2D eigenvalue weighted by molar-refractivity contribution is 0.115. The molecule has 0 aromatic heterocycles. The van der Waals surface area contributed by atoms with Crippen molar-refractivity contribution in [3.8, 4) is 11.8 Å². The third-order valence-electron chi connectivity index (χ3n) is 2.12. The van der Waals surface area contributed by atoms with Crippen molar-refractivity contribution in [3.63, 3.8) is 0 Å². The number of alkyl carbamates (subject to hydrolysis) is 1. The van der Waals surface area contributed by atoms with Gasteiger partial charge in [0.2, 0.25) is 0 Å². The largest absolute Gasteiger partial charge is 0.447 e. The van der Waals surface area contributed by atoms with Crippen LogP contribution in [0.25, 0.3) is 0 Å². The van der Waals surface area contributed by atoms with Crippen LogP contribution in [-0.4, -0.2) is 23.9 Å². The maximum Gasteiger partial charge on any atom is 0.407 e. The summed E-state index contributed by atoms with van der Waals surface area (Å²) in [6.07, 6.45) is -0.826. The zero-order chi connectivity index (χ0) is 14.3. The minimum atomic E-state index is -0.596. The average Bonchev–Trinajstić information content (AvgIpc) is 2.35. The van der Waals surface area contributed by atoms with Crippen molar-refractivity contribution in [1.29, 1.82) is 0 Å². The summed E-state index contributed by atoms with van der Waals surface area (Å²) < 4.78 is 18.4. The minimum Gasteiger partial charge on any atom is -0.447 e. The third-order valence-corrected chi connectivity index (χ3v) is 2.12. The van der Waals surface area contributed by atoms with Gasteiger partial charge in [0.25, 0.3) is 0 Å². The summed E-state index contributed by atoms with van der Waals surface area (Å²) in [6, 6.07) is 4.30. The Balaban J connectivity index is 2.69. The minimum absolute atomic E-state index is 0.0199. The molecule has 1 rings (SSSR count). The van der Waals surface area contributed by atoms with Crippen molar-refractivity contribution in [2.24, 2.45) is 0 Å². The Morgan fingerprint density at radius 3 is 2.89 bits per heavy atom. The molecular weight excluding hydrogens is 249 g/mol. The lowest BCUT2D eigenvalue weighted by Gasteiger charge is -2.10. The first-order chi connectivity index (χ1) is 9.02. The van der Waals surface area contributed by atoms with Crippen LogP contribution in [0.15, 0.2) is 18.2 Å². The van der Waals surface area contributed by atoms with Crippen LogP contribution < -0.4 is 5.32 Å². The zero-order valence-electron chi connectivity index (χ0n) is 10.9. The fourth-order valence-corrected chi connectivity index (χ4v) is 1.35. The molecule has 0 unspecified atom stereocenters. The second kappa shape index (κ2) is 7.39. The van der Waals surface area contributed by atoms with E-state index in [1.807, 2.05) is 0 Å². The molecule has 0 aliphatic rings. The van der Waals surface area contributed by atoms with Crippen LogP contribution in [0.1, 0.15) is 25.0 Å². The number of ether oxygens (including phenoxy) is 1. The number of carbonyl (C=O) groups excluding carboxylic acids is 1. The van der Waals surface area contributed by atoms with Gasteiger partial charge < -0.3 is 15.2 Å². The third kappa shape index (κ3) is 5.40. The topological polar surface area (TPSA) is 58.6 Å². The number of halogens is 1. The molecule has 0 aliphatic heterocycles. The number of aliphatic hydroxyl groups is 1. The Kier molecular flexibility index (Phi) is 5.83. The lowest BCUT2D eigenvalue weighted by atomic mass is 10.1. The van der Waals surface area contributed by atoms with Crippen molar-refractivity contribution >= 4 is 6.09 Å². The summed E-state index contributed by atoms with van der Waals surface area (Å²) in [7, 11) is 0. The molecule has 0 radical (unpaired) electrons. The summed E-state index contributed by atoms with van der Waals surface area (Å²) >= 11 is 0. The Bertz CT molecular complexity index is 503. The molecule has 0 saturated carbocycles. The van der Waals surface area contributed by atoms with Gasteiger partial charge in [-0.3, -0.25) is 0 Å². The van der Waals surface area contributed by atoms with Gasteiger partial charge in [-0.25, -0.2) is 9.18 Å². The van der Waals surface area contributed by atoms with Crippen LogP contribution in [-0.2, 0) is 11.3 Å². The van der Waals surface area contributed by atoms with Crippen LogP contribution in [0.2, 0.25) is 0 Å². The molecule has 1 amide bonds. The predicted octanol–water partition coefficient (Wildman–Crippen LogP) is 1.80. The molecule has 0 bridgehead atoms. The van der Waals surface area contributed by atoms with E-state index < -0.39 is 11.9 Å². The highest BCUT2D eigenvalue weighted by Crippen LogP contribution is 2.10. The number of hydrogen-bond acceptors (Lipinski definition) is 3. The monoisotopic (exact) mass is 265 g/mol. The van der Waals surface area contributed by atoms with E-state index in [4.69, 9.17) is 9.84 Å². The Labute approximate surface area is 111 Å². The number of aliphatic hydroxyl groups excluding tert-OH is 1. The van der Waals surface area contributed by atoms with Gasteiger partial charge in [0.15, 0.2) is 0 Å². The van der Waals surface area contributed by atoms with Gasteiger partial charge >= 0.3 is 6.09 Å². The fourth-order valence-electron chi connectivity index (χ4n) is 1.35. The smallest absolute Gasteiger partial charge is 0.407 e. The number of hydrogen-bond donors (Lipinski definition) is 2. The molecule has 0 spiro atoms. The molecule has 0 heterocycles.